The summed E-state index contributed by atoms with van der Waals surface area (Å²) >= 11 is 1.26. The van der Waals surface area contributed by atoms with Gasteiger partial charge in [-0.1, -0.05) is 12.1 Å². The van der Waals surface area contributed by atoms with Crippen LogP contribution in [-0.4, -0.2) is 38.8 Å². The van der Waals surface area contributed by atoms with E-state index in [1.807, 2.05) is 59.3 Å². The molecule has 0 fully saturated rings. The van der Waals surface area contributed by atoms with E-state index in [1.165, 1.54) is 11.5 Å². The van der Waals surface area contributed by atoms with E-state index >= 15 is 0 Å². The van der Waals surface area contributed by atoms with Gasteiger partial charge >= 0.3 is 5.97 Å². The first-order valence-electron chi connectivity index (χ1n) is 10.4. The number of carbonyl (C=O) groups excluding carboxylic acids is 1. The molecule has 166 valence electrons. The van der Waals surface area contributed by atoms with Crippen LogP contribution < -0.4 is 10.1 Å². The summed E-state index contributed by atoms with van der Waals surface area (Å²) in [7, 11) is 1.65. The van der Waals surface area contributed by atoms with E-state index in [2.05, 4.69) is 14.7 Å². The second-order valence-electron chi connectivity index (χ2n) is 7.31. The average Bonchev–Trinajstić information content (AvgIpc) is 3.41. The number of pyridine rings is 1. The maximum atomic E-state index is 12.1. The lowest BCUT2D eigenvalue weighted by Gasteiger charge is -2.05. The number of nitrogens with one attached hydrogen (secondary N) is 1. The Labute approximate surface area is 194 Å². The molecule has 33 heavy (non-hydrogen) atoms. The summed E-state index contributed by atoms with van der Waals surface area (Å²) in [5, 5.41) is 8.94. The summed E-state index contributed by atoms with van der Waals surface area (Å²) in [5.41, 5.74) is 4.00. The topological polar surface area (TPSA) is 91.2 Å². The zero-order chi connectivity index (χ0) is 22.8. The van der Waals surface area contributed by atoms with Gasteiger partial charge in [-0.15, -0.1) is 0 Å². The van der Waals surface area contributed by atoms with Crippen LogP contribution in [0.3, 0.4) is 0 Å². The molecule has 3 heterocycles. The highest BCUT2D eigenvalue weighted by atomic mass is 32.1. The molecule has 0 saturated carbocycles. The van der Waals surface area contributed by atoms with Crippen molar-refractivity contribution in [1.82, 2.24) is 19.1 Å². The van der Waals surface area contributed by atoms with Gasteiger partial charge in [0.25, 0.3) is 0 Å². The van der Waals surface area contributed by atoms with Crippen LogP contribution in [0.4, 0.5) is 11.5 Å². The van der Waals surface area contributed by atoms with Gasteiger partial charge in [0.1, 0.15) is 11.3 Å². The van der Waals surface area contributed by atoms with Crippen molar-refractivity contribution in [3.63, 3.8) is 0 Å². The van der Waals surface area contributed by atoms with Crippen LogP contribution in [0.1, 0.15) is 23.0 Å². The summed E-state index contributed by atoms with van der Waals surface area (Å²) in [6.45, 7) is 2.70. The number of fused-ring (bicyclic) bond motifs is 2. The van der Waals surface area contributed by atoms with Gasteiger partial charge in [0.05, 0.1) is 30.5 Å². The first-order valence-corrected chi connectivity index (χ1v) is 11.2. The molecule has 8 nitrogen and oxygen atoms in total. The number of hydrogen-bond acceptors (Lipinski definition) is 8. The summed E-state index contributed by atoms with van der Waals surface area (Å²) in [4.78, 5) is 16.6. The van der Waals surface area contributed by atoms with Crippen molar-refractivity contribution in [2.75, 3.05) is 19.0 Å². The lowest BCUT2D eigenvalue weighted by Crippen LogP contribution is -2.05. The van der Waals surface area contributed by atoms with Crippen molar-refractivity contribution < 1.29 is 14.3 Å². The molecule has 0 bridgehead atoms. The van der Waals surface area contributed by atoms with Gasteiger partial charge in [0.2, 0.25) is 0 Å². The molecule has 0 atom stereocenters. The Morgan fingerprint density at radius 1 is 1.15 bits per heavy atom. The Kier molecular flexibility index (Phi) is 5.62. The predicted octanol–water partition coefficient (Wildman–Crippen LogP) is 5.02. The van der Waals surface area contributed by atoms with E-state index in [9.17, 15) is 4.79 Å². The first-order chi connectivity index (χ1) is 16.2. The van der Waals surface area contributed by atoms with Crippen LogP contribution >= 0.6 is 11.5 Å². The highest BCUT2D eigenvalue weighted by Gasteiger charge is 2.17. The summed E-state index contributed by atoms with van der Waals surface area (Å²) in [5.74, 6) is 1.07. The molecule has 0 aliphatic rings. The van der Waals surface area contributed by atoms with Gasteiger partial charge in [-0.2, -0.15) is 9.47 Å². The van der Waals surface area contributed by atoms with E-state index in [0.717, 1.165) is 38.1 Å². The molecule has 0 radical (unpaired) electrons. The fourth-order valence-corrected chi connectivity index (χ4v) is 4.42. The molecular formula is C24H21N5O3S. The molecule has 5 aromatic rings. The van der Waals surface area contributed by atoms with Crippen LogP contribution in [0.25, 0.3) is 21.1 Å². The van der Waals surface area contributed by atoms with E-state index in [1.54, 1.807) is 20.2 Å². The second-order valence-corrected chi connectivity index (χ2v) is 8.12. The monoisotopic (exact) mass is 459 g/mol. The third kappa shape index (κ3) is 4.10. The molecule has 0 aliphatic carbocycles. The van der Waals surface area contributed by atoms with E-state index in [-0.39, 0.29) is 0 Å². The number of carbonyl (C=O) groups is 1. The van der Waals surface area contributed by atoms with Crippen LogP contribution in [0.5, 0.6) is 5.75 Å². The minimum Gasteiger partial charge on any atom is -0.497 e. The minimum absolute atomic E-state index is 0.316. The predicted molar refractivity (Wildman–Crippen MR) is 128 cm³/mol. The summed E-state index contributed by atoms with van der Waals surface area (Å²) < 4.78 is 17.4. The fourth-order valence-electron chi connectivity index (χ4n) is 3.62. The van der Waals surface area contributed by atoms with Crippen LogP contribution in [0, 0.1) is 0 Å². The normalized spacial score (nSPS) is 11.1. The molecule has 5 rings (SSSR count). The number of esters is 1. The Balaban J connectivity index is 1.45. The maximum Gasteiger partial charge on any atom is 0.358 e. The SMILES string of the molecule is CCOC(=O)c1nsc2cc(Nc3nn(Cc4ccc(OC)cc4)c4cccnc34)ccc12. The van der Waals surface area contributed by atoms with Gasteiger partial charge in [-0.25, -0.2) is 4.79 Å². The molecule has 0 aliphatic heterocycles. The smallest absolute Gasteiger partial charge is 0.358 e. The summed E-state index contributed by atoms with van der Waals surface area (Å²) in [6.07, 6.45) is 1.75. The van der Waals surface area contributed by atoms with Crippen LogP contribution in [-0.2, 0) is 11.3 Å². The van der Waals surface area contributed by atoms with Gasteiger partial charge in [0.15, 0.2) is 11.5 Å². The Morgan fingerprint density at radius 3 is 2.79 bits per heavy atom. The Morgan fingerprint density at radius 2 is 2.00 bits per heavy atom. The lowest BCUT2D eigenvalue weighted by atomic mass is 10.2. The van der Waals surface area contributed by atoms with Crippen molar-refractivity contribution in [2.24, 2.45) is 0 Å². The number of anilines is 2. The molecule has 0 saturated heterocycles. The molecule has 2 aromatic carbocycles. The number of benzene rings is 2. The number of methoxy groups -OCH3 is 1. The number of nitrogens with zero attached hydrogens (tertiary/aromatic N) is 4. The quantitative estimate of drug-likeness (QED) is 0.342. The number of hydrogen-bond donors (Lipinski definition) is 1. The minimum atomic E-state index is -0.406. The van der Waals surface area contributed by atoms with Gasteiger partial charge in [-0.3, -0.25) is 9.67 Å². The largest absolute Gasteiger partial charge is 0.497 e. The van der Waals surface area contributed by atoms with E-state index < -0.39 is 5.97 Å². The average molecular weight is 460 g/mol. The third-order valence-corrected chi connectivity index (χ3v) is 6.01. The molecule has 0 spiro atoms. The zero-order valence-corrected chi connectivity index (χ0v) is 18.9. The molecule has 9 heteroatoms. The molecule has 0 amide bonds. The van der Waals surface area contributed by atoms with Gasteiger partial charge in [0, 0.05) is 17.3 Å². The summed E-state index contributed by atoms with van der Waals surface area (Å²) in [6, 6.07) is 17.5. The van der Waals surface area contributed by atoms with Crippen molar-refractivity contribution in [3.05, 3.63) is 72.1 Å². The van der Waals surface area contributed by atoms with E-state index in [4.69, 9.17) is 14.6 Å². The lowest BCUT2D eigenvalue weighted by molar-refractivity contribution is 0.0523. The maximum absolute atomic E-state index is 12.1. The fraction of sp³-hybridized carbons (Fsp3) is 0.167. The van der Waals surface area contributed by atoms with Crippen molar-refractivity contribution >= 4 is 50.1 Å². The van der Waals surface area contributed by atoms with Crippen molar-refractivity contribution in [3.8, 4) is 5.75 Å². The highest BCUT2D eigenvalue weighted by molar-refractivity contribution is 7.13. The second kappa shape index (κ2) is 8.87. The standard InChI is InChI=1S/C24H21N5O3S/c1-3-32-24(30)21-18-11-8-16(13-20(18)33-28-21)26-23-22-19(5-4-12-25-22)29(27-23)14-15-6-9-17(31-2)10-7-15/h4-13H,3,14H2,1-2H3,(H,26,27). The third-order valence-electron chi connectivity index (χ3n) is 5.20. The highest BCUT2D eigenvalue weighted by Crippen LogP contribution is 2.30. The number of aromatic nitrogens is 4. The molecule has 0 unspecified atom stereocenters. The molecular weight excluding hydrogens is 438 g/mol. The number of ether oxygens (including phenoxy) is 2. The van der Waals surface area contributed by atoms with Crippen molar-refractivity contribution in [2.45, 2.75) is 13.5 Å². The zero-order valence-electron chi connectivity index (χ0n) is 18.1. The van der Waals surface area contributed by atoms with Gasteiger partial charge in [-0.05, 0) is 66.5 Å². The molecule has 3 aromatic heterocycles. The first kappa shape index (κ1) is 20.9. The van der Waals surface area contributed by atoms with Crippen molar-refractivity contribution in [1.29, 1.82) is 0 Å². The van der Waals surface area contributed by atoms with Crippen LogP contribution in [0.2, 0.25) is 0 Å². The Bertz CT molecular complexity index is 1440. The Hall–Kier alpha value is -3.98. The molecule has 1 N–H and O–H groups in total. The van der Waals surface area contributed by atoms with Crippen LogP contribution in [0.15, 0.2) is 60.8 Å². The van der Waals surface area contributed by atoms with Gasteiger partial charge < -0.3 is 14.8 Å². The van der Waals surface area contributed by atoms with E-state index in [0.29, 0.717) is 24.7 Å². The number of rotatable bonds is 7.